The smallest absolute Gasteiger partial charge is 0.0956 e. The van der Waals surface area contributed by atoms with Crippen LogP contribution < -0.4 is 0 Å². The van der Waals surface area contributed by atoms with Gasteiger partial charge in [0.1, 0.15) is 0 Å². The van der Waals surface area contributed by atoms with Crippen molar-refractivity contribution in [3.8, 4) is 0 Å². The van der Waals surface area contributed by atoms with Crippen molar-refractivity contribution in [2.75, 3.05) is 0 Å². The molecule has 55 valence electrons. The van der Waals surface area contributed by atoms with E-state index in [1.54, 1.807) is 0 Å². The van der Waals surface area contributed by atoms with Gasteiger partial charge >= 0.3 is 0 Å². The predicted octanol–water partition coefficient (Wildman–Crippen LogP) is 2.14. The van der Waals surface area contributed by atoms with Gasteiger partial charge in [-0.3, -0.25) is 6.92 Å². The van der Waals surface area contributed by atoms with E-state index in [4.69, 9.17) is 0 Å². The molecule has 0 N–H and O–H groups in total. The molecule has 0 spiro atoms. The first-order valence-electron chi connectivity index (χ1n) is 3.16. The Balaban J connectivity index is 0.000000605. The normalized spacial score (nSPS) is 15.8. The Bertz CT molecular complexity index is 268. The molecule has 0 aromatic heterocycles. The van der Waals surface area contributed by atoms with Crippen molar-refractivity contribution in [3.05, 3.63) is 42.8 Å². The van der Waals surface area contributed by atoms with E-state index in [2.05, 4.69) is 17.2 Å². The van der Waals surface area contributed by atoms with Crippen LogP contribution in [0.3, 0.4) is 0 Å². The molecule has 0 amide bonds. The quantitative estimate of drug-likeness (QED) is 0.543. The van der Waals surface area contributed by atoms with Gasteiger partial charge in [-0.05, 0) is 5.56 Å². The summed E-state index contributed by atoms with van der Waals surface area (Å²) in [6, 6.07) is 9.85. The zero-order chi connectivity index (χ0) is 7.03. The van der Waals surface area contributed by atoms with Crippen molar-refractivity contribution >= 4 is 0 Å². The van der Waals surface area contributed by atoms with Gasteiger partial charge in [0, 0.05) is 32.7 Å². The number of nitrogens with zero attached hydrogens (tertiary/aromatic N) is 2. The zero-order valence-corrected chi connectivity index (χ0v) is 16.0. The monoisotopic (exact) mass is 487 g/mol. The van der Waals surface area contributed by atoms with Crippen molar-refractivity contribution in [2.24, 2.45) is 10.2 Å². The molecule has 1 aromatic rings. The fourth-order valence-corrected chi connectivity index (χ4v) is 0.881. The predicted molar refractivity (Wildman–Crippen MR) is 38.3 cm³/mol. The maximum absolute atomic E-state index is 3.82. The second-order valence-corrected chi connectivity index (χ2v) is 2.38. The first-order valence-corrected chi connectivity index (χ1v) is 3.16. The maximum Gasteiger partial charge on any atom is 0.0956 e. The SMILES string of the molecule is [CH2-]C1(c2ccccc2)N=N1.[Rf].[Y]. The minimum atomic E-state index is -0.457. The summed E-state index contributed by atoms with van der Waals surface area (Å²) >= 11 is 0. The molecule has 0 bridgehead atoms. The van der Waals surface area contributed by atoms with Gasteiger partial charge in [-0.1, -0.05) is 30.3 Å². The average molecular weight is 487 g/mol. The van der Waals surface area contributed by atoms with Crippen LogP contribution in [0.25, 0.3) is 0 Å². The summed E-state index contributed by atoms with van der Waals surface area (Å²) in [5.74, 6) is 0. The first kappa shape index (κ1) is 10.9. The van der Waals surface area contributed by atoms with E-state index in [0.29, 0.717) is 0 Å². The van der Waals surface area contributed by atoms with Gasteiger partial charge in [0.15, 0.2) is 0 Å². The molecule has 0 atom stereocenters. The summed E-state index contributed by atoms with van der Waals surface area (Å²) in [6.45, 7) is 3.82. The zero-order valence-electron chi connectivity index (χ0n) is 6.77. The number of benzene rings is 1. The first-order chi connectivity index (χ1) is 4.81. The molecule has 0 saturated carbocycles. The maximum atomic E-state index is 3.82. The molecule has 0 fully saturated rings. The fourth-order valence-electron chi connectivity index (χ4n) is 0.881. The molecule has 2 nitrogen and oxygen atoms in total. The second-order valence-electron chi connectivity index (χ2n) is 2.38. The van der Waals surface area contributed by atoms with Gasteiger partial charge in [0.25, 0.3) is 0 Å². The van der Waals surface area contributed by atoms with Crippen molar-refractivity contribution < 1.29 is 32.7 Å². The Morgan fingerprint density at radius 1 is 1.08 bits per heavy atom. The molecule has 0 aliphatic carbocycles. The topological polar surface area (TPSA) is 24.7 Å². The molecule has 4 heteroatoms. The largest absolute Gasteiger partial charge is 0.286 e. The molecule has 1 aliphatic heterocycles. The van der Waals surface area contributed by atoms with Crippen LogP contribution in [0.5, 0.6) is 0 Å². The van der Waals surface area contributed by atoms with E-state index in [1.165, 1.54) is 0 Å². The Kier molecular flexibility index (Phi) is 3.23. The third-order valence-corrected chi connectivity index (χ3v) is 1.58. The van der Waals surface area contributed by atoms with Crippen LogP contribution in [0.4, 0.5) is 0 Å². The van der Waals surface area contributed by atoms with Gasteiger partial charge in [0.2, 0.25) is 0 Å². The van der Waals surface area contributed by atoms with Gasteiger partial charge in [0.05, 0.1) is 5.66 Å². The number of hydrogen-bond donors (Lipinski definition) is 0. The number of hydrogen-bond acceptors (Lipinski definition) is 2. The Hall–Kier alpha value is -1.08. The summed E-state index contributed by atoms with van der Waals surface area (Å²) in [4.78, 5) is 0. The Morgan fingerprint density at radius 3 is 2.00 bits per heavy atom. The van der Waals surface area contributed by atoms with Crippen LogP contribution in [-0.2, 0) is 38.4 Å². The van der Waals surface area contributed by atoms with E-state index in [-0.39, 0.29) is 32.7 Å². The molecule has 1 aromatic carbocycles. The fraction of sp³-hybridized carbons (Fsp3) is 0.125. The molecule has 2 rings (SSSR count). The minimum Gasteiger partial charge on any atom is -0.286 e. The summed E-state index contributed by atoms with van der Waals surface area (Å²) in [5.41, 5.74) is 0.608. The Morgan fingerprint density at radius 2 is 1.58 bits per heavy atom. The van der Waals surface area contributed by atoms with Crippen molar-refractivity contribution in [1.29, 1.82) is 0 Å². The second kappa shape index (κ2) is 3.55. The van der Waals surface area contributed by atoms with Gasteiger partial charge in [-0.15, -0.1) is 0 Å². The molecule has 0 saturated heterocycles. The van der Waals surface area contributed by atoms with Crippen LogP contribution in [-0.4, -0.2) is 0 Å². The number of rotatable bonds is 1. The van der Waals surface area contributed by atoms with E-state index in [0.717, 1.165) is 5.56 Å². The van der Waals surface area contributed by atoms with E-state index < -0.39 is 5.66 Å². The molecule has 12 heavy (non-hydrogen) atoms. The summed E-state index contributed by atoms with van der Waals surface area (Å²) in [6.07, 6.45) is 0. The van der Waals surface area contributed by atoms with E-state index in [9.17, 15) is 0 Å². The van der Waals surface area contributed by atoms with Crippen LogP contribution in [0, 0.1) is 6.92 Å². The van der Waals surface area contributed by atoms with Crippen LogP contribution in [0.1, 0.15) is 5.56 Å². The van der Waals surface area contributed by atoms with Crippen LogP contribution in [0.15, 0.2) is 40.6 Å². The van der Waals surface area contributed by atoms with Crippen LogP contribution in [0.2, 0.25) is 0 Å². The average Bonchev–Trinajstić information content (AvgIpc) is 2.72. The van der Waals surface area contributed by atoms with Crippen molar-refractivity contribution in [1.82, 2.24) is 0 Å². The molecule has 1 radical (unpaired) electrons. The summed E-state index contributed by atoms with van der Waals surface area (Å²) < 4.78 is 0. The van der Waals surface area contributed by atoms with Gasteiger partial charge in [-0.2, -0.15) is 10.2 Å². The third-order valence-electron chi connectivity index (χ3n) is 1.58. The van der Waals surface area contributed by atoms with Gasteiger partial charge in [-0.25, -0.2) is 0 Å². The molecule has 0 unspecified atom stereocenters. The molecule has 1 heterocycles. The third kappa shape index (κ3) is 1.74. The van der Waals surface area contributed by atoms with E-state index in [1.807, 2.05) is 30.3 Å². The van der Waals surface area contributed by atoms with Crippen molar-refractivity contribution in [2.45, 2.75) is 5.66 Å². The summed E-state index contributed by atoms with van der Waals surface area (Å²) in [7, 11) is 0. The van der Waals surface area contributed by atoms with E-state index >= 15 is 0 Å². The summed E-state index contributed by atoms with van der Waals surface area (Å²) in [5, 5.41) is 7.64. The van der Waals surface area contributed by atoms with Crippen molar-refractivity contribution in [3.63, 3.8) is 0 Å². The van der Waals surface area contributed by atoms with Crippen LogP contribution >= 0.6 is 0 Å². The molecular weight excluding hydrogens is 480 g/mol. The molecular formula is C8H7N2RfY-. The minimum absolute atomic E-state index is 0. The Labute approximate surface area is 91.0 Å². The van der Waals surface area contributed by atoms with Gasteiger partial charge < -0.3 is 0 Å². The molecule has 1 aliphatic rings. The standard InChI is InChI=1S/C8H7N2.Rf.Y/c1-8(9-10-8)7-5-3-2-4-6-7;;/h2-6H,1H2;;/q-1;;.